The van der Waals surface area contributed by atoms with Gasteiger partial charge in [-0.15, -0.1) is 0 Å². The number of benzene rings is 1. The van der Waals surface area contributed by atoms with Crippen molar-refractivity contribution in [1.29, 1.82) is 0 Å². The Kier molecular flexibility index (Phi) is 7.37. The third-order valence-electron chi connectivity index (χ3n) is 4.27. The second-order valence-electron chi connectivity index (χ2n) is 5.91. The highest BCUT2D eigenvalue weighted by Crippen LogP contribution is 2.34. The third kappa shape index (κ3) is 4.63. The second kappa shape index (κ2) is 9.28. The SMILES string of the molecule is CCOc1cc(Br)c(CC(=O)N2CCCCC2CN)cc1OCC. The predicted octanol–water partition coefficient (Wildman–Crippen LogP) is 3.13. The number of carbonyl (C=O) groups excluding carboxylic acids is 1. The monoisotopic (exact) mass is 398 g/mol. The maximum Gasteiger partial charge on any atom is 0.227 e. The molecule has 1 unspecified atom stereocenters. The zero-order valence-electron chi connectivity index (χ0n) is 14.5. The van der Waals surface area contributed by atoms with E-state index < -0.39 is 0 Å². The molecule has 1 aliphatic rings. The Bertz CT molecular complexity index is 565. The molecule has 1 saturated heterocycles. The van der Waals surface area contributed by atoms with Crippen molar-refractivity contribution in [3.63, 3.8) is 0 Å². The molecule has 2 rings (SSSR count). The van der Waals surface area contributed by atoms with E-state index >= 15 is 0 Å². The number of carbonyl (C=O) groups is 1. The van der Waals surface area contributed by atoms with Crippen LogP contribution in [0.3, 0.4) is 0 Å². The molecule has 0 bridgehead atoms. The first-order valence-electron chi connectivity index (χ1n) is 8.68. The topological polar surface area (TPSA) is 64.8 Å². The third-order valence-corrected chi connectivity index (χ3v) is 5.01. The molecule has 24 heavy (non-hydrogen) atoms. The average molecular weight is 399 g/mol. The summed E-state index contributed by atoms with van der Waals surface area (Å²) in [6.45, 7) is 6.31. The molecule has 1 fully saturated rings. The van der Waals surface area contributed by atoms with Gasteiger partial charge in [0, 0.05) is 23.6 Å². The van der Waals surface area contributed by atoms with Crippen molar-refractivity contribution in [2.45, 2.75) is 45.6 Å². The molecule has 0 saturated carbocycles. The summed E-state index contributed by atoms with van der Waals surface area (Å²) >= 11 is 3.56. The molecule has 6 heteroatoms. The van der Waals surface area contributed by atoms with Crippen molar-refractivity contribution in [2.75, 3.05) is 26.3 Å². The standard InChI is InChI=1S/C18H27BrN2O3/c1-3-23-16-9-13(15(19)11-17(16)24-4-2)10-18(22)21-8-6-5-7-14(21)12-20/h9,11,14H,3-8,10,12,20H2,1-2H3. The largest absolute Gasteiger partial charge is 0.490 e. The number of nitrogens with two attached hydrogens (primary N) is 1. The highest BCUT2D eigenvalue weighted by atomic mass is 79.9. The van der Waals surface area contributed by atoms with E-state index in [2.05, 4.69) is 15.9 Å². The molecule has 1 aliphatic heterocycles. The van der Waals surface area contributed by atoms with Crippen LogP contribution >= 0.6 is 15.9 Å². The van der Waals surface area contributed by atoms with Gasteiger partial charge in [-0.1, -0.05) is 15.9 Å². The van der Waals surface area contributed by atoms with Gasteiger partial charge in [0.15, 0.2) is 11.5 Å². The lowest BCUT2D eigenvalue weighted by Gasteiger charge is -2.35. The zero-order valence-corrected chi connectivity index (χ0v) is 16.1. The highest BCUT2D eigenvalue weighted by Gasteiger charge is 2.26. The van der Waals surface area contributed by atoms with E-state index in [1.807, 2.05) is 30.9 Å². The molecule has 0 aromatic heterocycles. The van der Waals surface area contributed by atoms with Crippen LogP contribution in [0, 0.1) is 0 Å². The summed E-state index contributed by atoms with van der Waals surface area (Å²) in [6.07, 6.45) is 3.53. The molecule has 2 N–H and O–H groups in total. The molecular formula is C18H27BrN2O3. The lowest BCUT2D eigenvalue weighted by atomic mass is 10.0. The van der Waals surface area contributed by atoms with E-state index in [1.165, 1.54) is 0 Å². The number of hydrogen-bond acceptors (Lipinski definition) is 4. The van der Waals surface area contributed by atoms with E-state index in [0.29, 0.717) is 37.7 Å². The normalized spacial score (nSPS) is 17.7. The van der Waals surface area contributed by atoms with Gasteiger partial charge in [0.05, 0.1) is 19.6 Å². The van der Waals surface area contributed by atoms with E-state index in [4.69, 9.17) is 15.2 Å². The first-order valence-corrected chi connectivity index (χ1v) is 9.47. The quantitative estimate of drug-likeness (QED) is 0.765. The minimum atomic E-state index is 0.123. The molecule has 0 spiro atoms. The van der Waals surface area contributed by atoms with Crippen LogP contribution in [-0.2, 0) is 11.2 Å². The molecule has 1 atom stereocenters. The Hall–Kier alpha value is -1.27. The zero-order chi connectivity index (χ0) is 17.5. The first-order chi connectivity index (χ1) is 11.6. The molecular weight excluding hydrogens is 372 g/mol. The summed E-state index contributed by atoms with van der Waals surface area (Å²) in [5, 5.41) is 0. The fourth-order valence-electron chi connectivity index (χ4n) is 3.09. The number of ether oxygens (including phenoxy) is 2. The van der Waals surface area contributed by atoms with Gasteiger partial charge in [-0.05, 0) is 50.8 Å². The number of hydrogen-bond donors (Lipinski definition) is 1. The van der Waals surface area contributed by atoms with Gasteiger partial charge in [-0.25, -0.2) is 0 Å². The van der Waals surface area contributed by atoms with Crippen LogP contribution < -0.4 is 15.2 Å². The number of rotatable bonds is 7. The van der Waals surface area contributed by atoms with E-state index in [1.54, 1.807) is 0 Å². The fourth-order valence-corrected chi connectivity index (χ4v) is 3.55. The van der Waals surface area contributed by atoms with Crippen molar-refractivity contribution in [2.24, 2.45) is 5.73 Å². The molecule has 0 aliphatic carbocycles. The summed E-state index contributed by atoms with van der Waals surface area (Å²) in [6, 6.07) is 3.95. The van der Waals surface area contributed by atoms with Crippen LogP contribution in [0.5, 0.6) is 11.5 Å². The average Bonchev–Trinajstić information content (AvgIpc) is 2.59. The molecule has 1 amide bonds. The van der Waals surface area contributed by atoms with Crippen LogP contribution in [0.25, 0.3) is 0 Å². The summed E-state index contributed by atoms with van der Waals surface area (Å²) in [5.41, 5.74) is 6.74. The number of halogens is 1. The van der Waals surface area contributed by atoms with Gasteiger partial charge in [0.25, 0.3) is 0 Å². The van der Waals surface area contributed by atoms with E-state index in [9.17, 15) is 4.79 Å². The molecule has 0 radical (unpaired) electrons. The van der Waals surface area contributed by atoms with Crippen molar-refractivity contribution in [1.82, 2.24) is 4.90 Å². The van der Waals surface area contributed by atoms with Crippen molar-refractivity contribution >= 4 is 21.8 Å². The van der Waals surface area contributed by atoms with Crippen LogP contribution in [0.1, 0.15) is 38.7 Å². The van der Waals surface area contributed by atoms with Crippen LogP contribution in [-0.4, -0.2) is 43.2 Å². The van der Waals surface area contributed by atoms with Crippen molar-refractivity contribution in [3.05, 3.63) is 22.2 Å². The van der Waals surface area contributed by atoms with Crippen LogP contribution in [0.4, 0.5) is 0 Å². The maximum atomic E-state index is 12.7. The minimum Gasteiger partial charge on any atom is -0.490 e. The summed E-state index contributed by atoms with van der Waals surface area (Å²) in [5.74, 6) is 1.50. The molecule has 5 nitrogen and oxygen atoms in total. The van der Waals surface area contributed by atoms with Gasteiger partial charge in [0.2, 0.25) is 5.91 Å². The Morgan fingerprint density at radius 1 is 1.25 bits per heavy atom. The maximum absolute atomic E-state index is 12.7. The Balaban J connectivity index is 2.18. The van der Waals surface area contributed by atoms with E-state index in [-0.39, 0.29) is 11.9 Å². The number of piperidine rings is 1. The summed E-state index contributed by atoms with van der Waals surface area (Å²) in [7, 11) is 0. The highest BCUT2D eigenvalue weighted by molar-refractivity contribution is 9.10. The smallest absolute Gasteiger partial charge is 0.227 e. The molecule has 1 aromatic rings. The van der Waals surface area contributed by atoms with Gasteiger partial charge < -0.3 is 20.1 Å². The van der Waals surface area contributed by atoms with Crippen molar-refractivity contribution in [3.8, 4) is 11.5 Å². The second-order valence-corrected chi connectivity index (χ2v) is 6.76. The van der Waals surface area contributed by atoms with Crippen LogP contribution in [0.2, 0.25) is 0 Å². The van der Waals surface area contributed by atoms with Crippen LogP contribution in [0.15, 0.2) is 16.6 Å². The number of likely N-dealkylation sites (tertiary alicyclic amines) is 1. The molecule has 1 aromatic carbocycles. The predicted molar refractivity (Wildman–Crippen MR) is 98.6 cm³/mol. The number of amides is 1. The lowest BCUT2D eigenvalue weighted by Crippen LogP contribution is -2.48. The fraction of sp³-hybridized carbons (Fsp3) is 0.611. The minimum absolute atomic E-state index is 0.123. The summed E-state index contributed by atoms with van der Waals surface area (Å²) in [4.78, 5) is 14.7. The molecule has 1 heterocycles. The van der Waals surface area contributed by atoms with Gasteiger partial charge >= 0.3 is 0 Å². The molecule has 134 valence electrons. The summed E-state index contributed by atoms with van der Waals surface area (Å²) < 4.78 is 12.1. The van der Waals surface area contributed by atoms with E-state index in [0.717, 1.165) is 35.8 Å². The first kappa shape index (κ1) is 19.1. The van der Waals surface area contributed by atoms with Crippen molar-refractivity contribution < 1.29 is 14.3 Å². The van der Waals surface area contributed by atoms with Gasteiger partial charge in [-0.3, -0.25) is 4.79 Å². The Morgan fingerprint density at radius 3 is 2.54 bits per heavy atom. The van der Waals surface area contributed by atoms with Gasteiger partial charge in [-0.2, -0.15) is 0 Å². The Labute approximate surface area is 152 Å². The Morgan fingerprint density at radius 2 is 1.92 bits per heavy atom. The number of nitrogens with zero attached hydrogens (tertiary/aromatic N) is 1. The lowest BCUT2D eigenvalue weighted by molar-refractivity contribution is -0.133. The van der Waals surface area contributed by atoms with Gasteiger partial charge in [0.1, 0.15) is 0 Å².